The number of nitrogens with one attached hydrogen (secondary N) is 1. The van der Waals surface area contributed by atoms with Crippen LogP contribution in [0.15, 0.2) is 39.1 Å². The topological polar surface area (TPSA) is 69.2 Å². The molecule has 1 aliphatic rings. The Morgan fingerprint density at radius 1 is 1.26 bits per heavy atom. The fraction of sp³-hybridized carbons (Fsp3) is 0.467. The van der Waals surface area contributed by atoms with E-state index in [0.29, 0.717) is 22.8 Å². The van der Waals surface area contributed by atoms with Gasteiger partial charge in [-0.15, -0.1) is 0 Å². The molecule has 0 bridgehead atoms. The van der Waals surface area contributed by atoms with Crippen molar-refractivity contribution >= 4 is 34.5 Å². The molecule has 3 N–H and O–H groups in total. The van der Waals surface area contributed by atoms with Gasteiger partial charge in [0.2, 0.25) is 0 Å². The van der Waals surface area contributed by atoms with Gasteiger partial charge in [0.05, 0.1) is 6.67 Å². The molecule has 1 fully saturated rings. The van der Waals surface area contributed by atoms with Gasteiger partial charge in [-0.05, 0) is 31.3 Å². The summed E-state index contributed by atoms with van der Waals surface area (Å²) in [6.07, 6.45) is 0. The van der Waals surface area contributed by atoms with Crippen LogP contribution in [0.4, 0.5) is 0 Å². The first-order valence-corrected chi connectivity index (χ1v) is 8.64. The molecule has 1 aliphatic heterocycles. The zero-order chi connectivity index (χ0) is 16.7. The number of thioether (sulfide) groups is 1. The maximum Gasteiger partial charge on any atom is 0.196 e. The molecule has 1 heterocycles. The average molecular weight is 355 g/mol. The molecule has 0 unspecified atom stereocenters. The Bertz CT molecular complexity index is 552. The molecule has 126 valence electrons. The number of nitrogens with zero attached hydrogens (tertiary/aromatic N) is 4. The van der Waals surface area contributed by atoms with E-state index in [1.54, 1.807) is 7.05 Å². The van der Waals surface area contributed by atoms with Crippen LogP contribution in [0.2, 0.25) is 5.02 Å². The molecule has 1 aromatic rings. The number of amidine groups is 1. The van der Waals surface area contributed by atoms with E-state index < -0.39 is 0 Å². The summed E-state index contributed by atoms with van der Waals surface area (Å²) in [6.45, 7) is 4.77. The fourth-order valence-electron chi connectivity index (χ4n) is 2.06. The first-order chi connectivity index (χ1) is 11.1. The molecule has 0 radical (unpaired) electrons. The largest absolute Gasteiger partial charge is 0.370 e. The lowest BCUT2D eigenvalue weighted by atomic mass is 10.3. The predicted octanol–water partition coefficient (Wildman–Crippen LogP) is 1.53. The van der Waals surface area contributed by atoms with Crippen LogP contribution in [0.1, 0.15) is 0 Å². The van der Waals surface area contributed by atoms with Crippen LogP contribution in [0.5, 0.6) is 0 Å². The summed E-state index contributed by atoms with van der Waals surface area (Å²) in [5.74, 6) is 0.381. The number of rotatable bonds is 3. The molecular formula is C15H23ClN6S. The van der Waals surface area contributed by atoms with E-state index in [1.807, 2.05) is 24.3 Å². The van der Waals surface area contributed by atoms with Crippen molar-refractivity contribution < 1.29 is 0 Å². The minimum Gasteiger partial charge on any atom is -0.370 e. The molecule has 6 nitrogen and oxygen atoms in total. The van der Waals surface area contributed by atoms with Crippen LogP contribution in [0.3, 0.4) is 0 Å². The Morgan fingerprint density at radius 3 is 2.52 bits per heavy atom. The third-order valence-electron chi connectivity index (χ3n) is 3.50. The van der Waals surface area contributed by atoms with Gasteiger partial charge in [0.25, 0.3) is 0 Å². The number of benzene rings is 1. The highest BCUT2D eigenvalue weighted by Gasteiger charge is 2.13. The van der Waals surface area contributed by atoms with E-state index in [2.05, 4.69) is 32.1 Å². The molecule has 2 rings (SSSR count). The van der Waals surface area contributed by atoms with Crippen LogP contribution in [-0.4, -0.2) is 67.9 Å². The fourth-order valence-corrected chi connectivity index (χ4v) is 2.92. The highest BCUT2D eigenvalue weighted by Crippen LogP contribution is 2.20. The molecule has 1 aromatic carbocycles. The van der Waals surface area contributed by atoms with E-state index >= 15 is 0 Å². The second-order valence-corrected chi connectivity index (χ2v) is 6.81. The number of guanidine groups is 1. The summed E-state index contributed by atoms with van der Waals surface area (Å²) in [5, 5.41) is 4.46. The smallest absolute Gasteiger partial charge is 0.196 e. The second-order valence-electron chi connectivity index (χ2n) is 5.32. The predicted molar refractivity (Wildman–Crippen MR) is 99.4 cm³/mol. The van der Waals surface area contributed by atoms with Gasteiger partial charge in [0.1, 0.15) is 0 Å². The molecule has 0 amide bonds. The molecule has 0 spiro atoms. The summed E-state index contributed by atoms with van der Waals surface area (Å²) in [7, 11) is 3.85. The van der Waals surface area contributed by atoms with E-state index in [9.17, 15) is 0 Å². The highest BCUT2D eigenvalue weighted by molar-refractivity contribution is 8.13. The lowest BCUT2D eigenvalue weighted by Gasteiger charge is -2.31. The molecule has 0 saturated carbocycles. The van der Waals surface area contributed by atoms with Crippen molar-refractivity contribution in [2.45, 2.75) is 4.90 Å². The molecule has 0 aromatic heterocycles. The quantitative estimate of drug-likeness (QED) is 0.489. The summed E-state index contributed by atoms with van der Waals surface area (Å²) < 4.78 is 0. The molecule has 0 aliphatic carbocycles. The van der Waals surface area contributed by atoms with Crippen molar-refractivity contribution in [1.82, 2.24) is 15.1 Å². The van der Waals surface area contributed by atoms with Gasteiger partial charge in [-0.1, -0.05) is 23.4 Å². The molecule has 1 saturated heterocycles. The number of nitrogens with two attached hydrogens (primary N) is 1. The number of hydrogen-bond donors (Lipinski definition) is 2. The Hall–Kier alpha value is -1.28. The third-order valence-corrected chi connectivity index (χ3v) is 4.74. The minimum absolute atomic E-state index is 0.381. The standard InChI is InChI=1S/C15H23ClN6S/c1-18-15(23-13-5-3-12(16)4-6-13)20-14(17)19-11-22-9-7-21(2)8-10-22/h3-6H,7-11H2,1-2H3,(H3,17,18,19,20). The third kappa shape index (κ3) is 6.39. The van der Waals surface area contributed by atoms with Gasteiger partial charge in [0, 0.05) is 43.1 Å². The highest BCUT2D eigenvalue weighted by atomic mass is 35.5. The Kier molecular flexibility index (Phi) is 7.16. The van der Waals surface area contributed by atoms with Crippen molar-refractivity contribution in [3.05, 3.63) is 29.3 Å². The number of piperazine rings is 1. The monoisotopic (exact) mass is 354 g/mol. The second kappa shape index (κ2) is 9.12. The maximum atomic E-state index is 5.96. The molecule has 8 heteroatoms. The van der Waals surface area contributed by atoms with Gasteiger partial charge < -0.3 is 16.0 Å². The van der Waals surface area contributed by atoms with Crippen LogP contribution >= 0.6 is 23.4 Å². The number of likely N-dealkylation sites (N-methyl/N-ethyl adjacent to an activating group) is 1. The summed E-state index contributed by atoms with van der Waals surface area (Å²) >= 11 is 7.38. The van der Waals surface area contributed by atoms with Crippen LogP contribution in [0.25, 0.3) is 0 Å². The van der Waals surface area contributed by atoms with Gasteiger partial charge in [0.15, 0.2) is 11.1 Å². The molecular weight excluding hydrogens is 332 g/mol. The van der Waals surface area contributed by atoms with Crippen molar-refractivity contribution in [1.29, 1.82) is 0 Å². The average Bonchev–Trinajstić information content (AvgIpc) is 2.55. The van der Waals surface area contributed by atoms with E-state index in [1.165, 1.54) is 11.8 Å². The molecule has 0 atom stereocenters. The van der Waals surface area contributed by atoms with E-state index in [4.69, 9.17) is 17.3 Å². The summed E-state index contributed by atoms with van der Waals surface area (Å²) in [4.78, 5) is 14.2. The zero-order valence-electron chi connectivity index (χ0n) is 13.5. The van der Waals surface area contributed by atoms with Crippen molar-refractivity contribution in [2.24, 2.45) is 15.7 Å². The van der Waals surface area contributed by atoms with Crippen molar-refractivity contribution in [3.8, 4) is 0 Å². The van der Waals surface area contributed by atoms with Crippen molar-refractivity contribution in [2.75, 3.05) is 46.9 Å². The van der Waals surface area contributed by atoms with Crippen molar-refractivity contribution in [3.63, 3.8) is 0 Å². The maximum absolute atomic E-state index is 5.96. The van der Waals surface area contributed by atoms with E-state index in [0.717, 1.165) is 31.1 Å². The van der Waals surface area contributed by atoms with Crippen LogP contribution in [0, 0.1) is 0 Å². The SMILES string of the molecule is CN=C(NC(N)=NCN1CCN(C)CC1)Sc1ccc(Cl)cc1. The number of halogens is 1. The minimum atomic E-state index is 0.381. The lowest BCUT2D eigenvalue weighted by molar-refractivity contribution is 0.158. The van der Waals surface area contributed by atoms with Gasteiger partial charge in [-0.25, -0.2) is 4.99 Å². The Morgan fingerprint density at radius 2 is 1.91 bits per heavy atom. The zero-order valence-corrected chi connectivity index (χ0v) is 15.1. The molecule has 23 heavy (non-hydrogen) atoms. The number of hydrogen-bond acceptors (Lipinski definition) is 5. The van der Waals surface area contributed by atoms with Gasteiger partial charge in [-0.3, -0.25) is 9.89 Å². The Balaban J connectivity index is 1.83. The Labute approximate surface area is 146 Å². The normalized spacial score (nSPS) is 18.2. The summed E-state index contributed by atoms with van der Waals surface area (Å²) in [5.41, 5.74) is 5.96. The van der Waals surface area contributed by atoms with E-state index in [-0.39, 0.29) is 0 Å². The lowest BCUT2D eigenvalue weighted by Crippen LogP contribution is -2.45. The summed E-state index contributed by atoms with van der Waals surface area (Å²) in [6, 6.07) is 7.58. The van der Waals surface area contributed by atoms with Gasteiger partial charge >= 0.3 is 0 Å². The van der Waals surface area contributed by atoms with Gasteiger partial charge in [-0.2, -0.15) is 0 Å². The first kappa shape index (κ1) is 18.1. The first-order valence-electron chi connectivity index (χ1n) is 7.45. The number of aliphatic imine (C=N–C) groups is 2. The van der Waals surface area contributed by atoms with Crippen LogP contribution in [-0.2, 0) is 0 Å². The van der Waals surface area contributed by atoms with Crippen LogP contribution < -0.4 is 11.1 Å².